The first-order valence-electron chi connectivity index (χ1n) is 39.8. The van der Waals surface area contributed by atoms with Gasteiger partial charge in [0, 0.05) is 53.7 Å². The number of hydrogen-bond acceptors (Lipinski definition) is 23. The predicted molar refractivity (Wildman–Crippen MR) is 459 cm³/mol. The Bertz CT molecular complexity index is 5280. The van der Waals surface area contributed by atoms with Crippen LogP contribution >= 0.6 is 45.3 Å². The molecule has 0 aliphatic carbocycles. The fourth-order valence-electron chi connectivity index (χ4n) is 13.1. The summed E-state index contributed by atoms with van der Waals surface area (Å²) in [5.41, 5.74) is 8.21. The van der Waals surface area contributed by atoms with Crippen molar-refractivity contribution in [2.45, 2.75) is 167 Å². The molecule has 7 amide bonds. The van der Waals surface area contributed by atoms with Crippen molar-refractivity contribution in [1.82, 2.24) is 61.2 Å². The zero-order chi connectivity index (χ0) is 82.9. The molecule has 0 aliphatic heterocycles. The lowest BCUT2D eigenvalue weighted by atomic mass is 10.0. The number of amides is 7. The van der Waals surface area contributed by atoms with Gasteiger partial charge in [0.1, 0.15) is 11.2 Å². The fraction of sp³-hybridized carbons (Fsp3) is 0.322. The minimum atomic E-state index is -0.897. The van der Waals surface area contributed by atoms with Crippen LogP contribution in [0, 0.1) is 0 Å². The molecule has 0 radical (unpaired) electrons. The number of carbonyl (C=O) groups is 7. The van der Waals surface area contributed by atoms with E-state index in [1.165, 1.54) is 45.3 Å². The normalized spacial score (nSPS) is 11.7. The van der Waals surface area contributed by atoms with Crippen LogP contribution in [0.1, 0.15) is 128 Å². The lowest BCUT2D eigenvalue weighted by molar-refractivity contribution is -0.757. The Morgan fingerprint density at radius 2 is 0.798 bits per heavy atom. The summed E-state index contributed by atoms with van der Waals surface area (Å²) in [4.78, 5) is 94.5. The Morgan fingerprint density at radius 1 is 0.387 bits per heavy atom. The molecule has 119 heavy (non-hydrogen) atoms. The van der Waals surface area contributed by atoms with Gasteiger partial charge in [-0.1, -0.05) is 166 Å². The Balaban J connectivity index is 0.602. The maximum absolute atomic E-state index is 14.0. The first kappa shape index (κ1) is 86.3. The van der Waals surface area contributed by atoms with E-state index in [0.29, 0.717) is 97.4 Å². The molecule has 0 bridgehead atoms. The minimum absolute atomic E-state index is 0.0531. The maximum Gasteiger partial charge on any atom is 0.267 e. The lowest BCUT2D eigenvalue weighted by Gasteiger charge is -2.27. The molecule has 2 unspecified atom stereocenters. The highest BCUT2D eigenvalue weighted by molar-refractivity contribution is 7.15. The van der Waals surface area contributed by atoms with E-state index in [1.54, 1.807) is 18.2 Å². The average molecular weight is 1680 g/mol. The van der Waals surface area contributed by atoms with Crippen LogP contribution in [0.2, 0.25) is 0 Å². The number of nitrogens with one attached hydrogen (secondary N) is 7. The van der Waals surface area contributed by atoms with Gasteiger partial charge < -0.3 is 31.7 Å². The van der Waals surface area contributed by atoms with E-state index in [1.807, 2.05) is 203 Å². The number of anilines is 6. The second-order valence-corrected chi connectivity index (χ2v) is 33.2. The maximum atomic E-state index is 14.0. The molecule has 0 fully saturated rings. The molecule has 0 spiro atoms. The molecule has 5 aromatic carbocycles. The number of aliphatic hydroxyl groups is 1. The van der Waals surface area contributed by atoms with Crippen molar-refractivity contribution in [3.63, 3.8) is 0 Å². The molecule has 32 heteroatoms. The number of likely N-dealkylation sites (N-methyl/N-ethyl adjacent to an activating group) is 1. The zero-order valence-corrected chi connectivity index (χ0v) is 69.6. The summed E-state index contributed by atoms with van der Waals surface area (Å²) in [6, 6.07) is 58.1. The van der Waals surface area contributed by atoms with Crippen molar-refractivity contribution >= 4 is 120 Å². The molecule has 12 aromatic rings. The predicted octanol–water partition coefficient (Wildman–Crippen LogP) is 10.9. The molecule has 7 heterocycles. The molecule has 0 aliphatic rings. The molecule has 28 nitrogen and oxygen atoms in total. The fourth-order valence-corrected chi connectivity index (χ4v) is 16.6. The summed E-state index contributed by atoms with van der Waals surface area (Å²) in [5, 5.41) is 82.2. The van der Waals surface area contributed by atoms with Crippen LogP contribution in [0.15, 0.2) is 193 Å². The van der Waals surface area contributed by atoms with Gasteiger partial charge in [0.25, 0.3) is 20.3 Å². The number of carbonyl (C=O) groups excluding carboxylic acids is 7. The van der Waals surface area contributed by atoms with Gasteiger partial charge >= 0.3 is 0 Å². The summed E-state index contributed by atoms with van der Waals surface area (Å²) < 4.78 is 3.81. The number of benzene rings is 5. The van der Waals surface area contributed by atoms with Crippen molar-refractivity contribution in [1.29, 1.82) is 0 Å². The number of aliphatic hydroxyl groups excluding tert-OH is 1. The molecule has 8 N–H and O–H groups in total. The van der Waals surface area contributed by atoms with Crippen LogP contribution in [0.25, 0.3) is 0 Å². The monoisotopic (exact) mass is 1680 g/mol. The summed E-state index contributed by atoms with van der Waals surface area (Å²) in [5.74, 6) is -0.167. The Kier molecular flexibility index (Phi) is 32.7. The van der Waals surface area contributed by atoms with Gasteiger partial charge in [-0.15, -0.1) is 36.8 Å². The van der Waals surface area contributed by atoms with Gasteiger partial charge in [-0.05, 0) is 181 Å². The number of hydrogen-bond donors (Lipinski definition) is 8. The second-order valence-electron chi connectivity index (χ2n) is 29.0. The van der Waals surface area contributed by atoms with Crippen LogP contribution in [0.3, 0.4) is 0 Å². The lowest BCUT2D eigenvalue weighted by Crippen LogP contribution is -2.51. The molecule has 2 atom stereocenters. The molecule has 614 valence electrons. The molecule has 12 rings (SSSR count). The van der Waals surface area contributed by atoms with Gasteiger partial charge in [-0.3, -0.25) is 49.1 Å². The number of thiophene rings is 1. The highest BCUT2D eigenvalue weighted by Crippen LogP contribution is 2.24. The van der Waals surface area contributed by atoms with Gasteiger partial charge in [-0.25, -0.2) is 0 Å². The van der Waals surface area contributed by atoms with Crippen LogP contribution in [0.4, 0.5) is 32.8 Å². The van der Waals surface area contributed by atoms with Crippen LogP contribution in [-0.2, 0) is 137 Å². The molecule has 7 aromatic heterocycles. The first-order chi connectivity index (χ1) is 58.0. The molecular formula is C87H96N20O8S4+2. The minimum Gasteiger partial charge on any atom is -0.378 e. The summed E-state index contributed by atoms with van der Waals surface area (Å²) in [6.07, 6.45) is 9.98. The third-order valence-electron chi connectivity index (χ3n) is 19.3. The van der Waals surface area contributed by atoms with E-state index in [2.05, 4.69) is 78.0 Å². The van der Waals surface area contributed by atoms with Crippen molar-refractivity contribution < 1.29 is 48.0 Å². The zero-order valence-electron chi connectivity index (χ0n) is 66.4. The third-order valence-corrected chi connectivity index (χ3v) is 23.2. The van der Waals surface area contributed by atoms with E-state index in [-0.39, 0.29) is 98.8 Å². The van der Waals surface area contributed by atoms with E-state index in [0.717, 1.165) is 114 Å². The van der Waals surface area contributed by atoms with Crippen LogP contribution in [0.5, 0.6) is 0 Å². The third kappa shape index (κ3) is 29.2. The highest BCUT2D eigenvalue weighted by atomic mass is 32.1. The second kappa shape index (κ2) is 45.0. The van der Waals surface area contributed by atoms with Gasteiger partial charge in [0.15, 0.2) is 30.5 Å². The van der Waals surface area contributed by atoms with Crippen molar-refractivity contribution in [3.05, 3.63) is 269 Å². The molecule has 0 saturated heterocycles. The van der Waals surface area contributed by atoms with Crippen molar-refractivity contribution in [2.75, 3.05) is 45.5 Å². The van der Waals surface area contributed by atoms with Gasteiger partial charge in [0.2, 0.25) is 46.5 Å². The number of aryl methyl sites for hydroxylation is 7. The summed E-state index contributed by atoms with van der Waals surface area (Å²) in [7, 11) is 1.87. The number of unbranched alkanes of at least 4 members (excludes halogenated alkanes) is 3. The largest absolute Gasteiger partial charge is 0.378 e. The quantitative estimate of drug-likeness (QED) is 0.00998. The van der Waals surface area contributed by atoms with E-state index in [4.69, 9.17) is 10.2 Å². The van der Waals surface area contributed by atoms with Crippen LogP contribution < -0.4 is 46.6 Å². The topological polar surface area (TPSA) is 364 Å². The number of nitrogens with zero attached hydrogens (tertiary/aromatic N) is 13. The SMILES string of the molecule is CC(C[n+]1nc(NC(=O)Cc2ccccc2)sc1CCCCc1ccc(NC(=O)Cc2cccs2)nn1)N(C)C(O)Cc1cccc(CC(=O)Nc2n[n+](CCCNC(=O)Cc3cccc(CC(=O)Nc4nnc(CCCCc5ccc(NC(=O)Cc6ccccc6)nn5)s4)c3)c(CCCCc3ccc(NC(=O)Cc4ccccc4)nn3)s2)c1. The summed E-state index contributed by atoms with van der Waals surface area (Å²) >= 11 is 5.69. The number of aromatic nitrogens is 12. The first-order valence-corrected chi connectivity index (χ1v) is 43.1. The Labute approximate surface area is 706 Å². The average Bonchev–Trinajstić information content (AvgIpc) is 1.72. The van der Waals surface area contributed by atoms with Crippen LogP contribution in [-0.4, -0.2) is 128 Å². The molecular weight excluding hydrogens is 1580 g/mol. The number of rotatable bonds is 45. The van der Waals surface area contributed by atoms with Gasteiger partial charge in [0.05, 0.1) is 68.1 Å². The van der Waals surface area contributed by atoms with E-state index >= 15 is 0 Å². The van der Waals surface area contributed by atoms with E-state index < -0.39 is 6.23 Å². The van der Waals surface area contributed by atoms with Crippen molar-refractivity contribution in [3.8, 4) is 0 Å². The highest BCUT2D eigenvalue weighted by Gasteiger charge is 2.29. The standard InChI is InChI=1S/C87H94N20O8S4/c1-59(58-107-84(119-87(104-107)93-77(111)52-62-26-10-5-11-27-62)38-17-14-34-69-41-44-73(100-97-69)91-80(114)57-70-35-20-47-116-70)105(2)82(115)56-66-31-19-30-65(49-66)55-79(113)94-86-103-106(83(118-86)37-16-13-33-68-40-43-72(99-96-68)90-76(110)51-61-24-8-4-9-25-61)46-21-45-88-74(108)53-63-28-18-29-64(48-63)54-78(112)92-85-102-101-81(117-85)36-15-12-32-67-39-42-71(98-95-67)89-75(109)50-60-22-6-3-7-23-60/h3-11,18-20,22-31,35,39-44,47-49,59,82,115H,12-17,21,32-34,36-38,45-46,50-58H2,1-2H3,(H5-2,88,89,90,91,92,93,94,98,99,100,102,103,104,108,109,110,111,112,113,114)/p+2. The molecule has 0 saturated carbocycles. The van der Waals surface area contributed by atoms with Crippen molar-refractivity contribution in [2.24, 2.45) is 0 Å². The smallest absolute Gasteiger partial charge is 0.267 e. The van der Waals surface area contributed by atoms with E-state index in [9.17, 15) is 38.7 Å². The Morgan fingerprint density at radius 3 is 1.28 bits per heavy atom. The Hall–Kier alpha value is -12.1. The summed E-state index contributed by atoms with van der Waals surface area (Å²) in [6.45, 7) is 3.27. The van der Waals surface area contributed by atoms with Gasteiger partial charge in [-0.2, -0.15) is 15.3 Å².